The first kappa shape index (κ1) is 15.3. The van der Waals surface area contributed by atoms with Crippen molar-refractivity contribution in [2.24, 2.45) is 0 Å². The fourth-order valence-corrected chi connectivity index (χ4v) is 1.53. The number of pyridine rings is 1. The summed E-state index contributed by atoms with van der Waals surface area (Å²) in [5.41, 5.74) is 0. The zero-order chi connectivity index (χ0) is 14.4. The van der Waals surface area contributed by atoms with Gasteiger partial charge in [-0.05, 0) is 46.8 Å². The number of nitrogens with zero attached hydrogens (tertiary/aromatic N) is 1. The van der Waals surface area contributed by atoms with Gasteiger partial charge in [-0.2, -0.15) is 0 Å². The molecule has 0 radical (unpaired) electrons. The van der Waals surface area contributed by atoms with E-state index < -0.39 is 0 Å². The Hall–Kier alpha value is -1.78. The summed E-state index contributed by atoms with van der Waals surface area (Å²) in [6.07, 6.45) is 1.73. The van der Waals surface area contributed by atoms with Gasteiger partial charge in [0.1, 0.15) is 6.04 Å². The maximum absolute atomic E-state index is 11.8. The molecule has 0 spiro atoms. The fourth-order valence-electron chi connectivity index (χ4n) is 1.53. The Bertz CT molecular complexity index is 419. The molecule has 1 aromatic rings. The molecule has 1 atom stereocenters. The molecule has 0 saturated heterocycles. The Morgan fingerprint density at radius 3 is 2.53 bits per heavy atom. The summed E-state index contributed by atoms with van der Waals surface area (Å²) < 4.78 is 5.65. The summed E-state index contributed by atoms with van der Waals surface area (Å²) >= 11 is 0. The van der Waals surface area contributed by atoms with Gasteiger partial charge in [0, 0.05) is 12.2 Å². The van der Waals surface area contributed by atoms with Gasteiger partial charge in [0.25, 0.3) is 0 Å². The minimum Gasteiger partial charge on any atom is -0.487 e. The molecule has 0 aliphatic carbocycles. The topological polar surface area (TPSA) is 63.2 Å². The third-order valence-corrected chi connectivity index (χ3v) is 2.31. The zero-order valence-electron chi connectivity index (χ0n) is 12.2. The number of nitrogens with one attached hydrogen (secondary N) is 2. The van der Waals surface area contributed by atoms with Gasteiger partial charge in [0.15, 0.2) is 11.6 Å². The van der Waals surface area contributed by atoms with Crippen molar-refractivity contribution in [2.45, 2.75) is 52.8 Å². The van der Waals surface area contributed by atoms with Crippen LogP contribution in [0, 0.1) is 0 Å². The van der Waals surface area contributed by atoms with Gasteiger partial charge in [-0.25, -0.2) is 4.98 Å². The van der Waals surface area contributed by atoms with Gasteiger partial charge >= 0.3 is 0 Å². The van der Waals surface area contributed by atoms with Crippen molar-refractivity contribution in [1.29, 1.82) is 0 Å². The first-order valence-corrected chi connectivity index (χ1v) is 6.58. The van der Waals surface area contributed by atoms with E-state index in [4.69, 9.17) is 4.74 Å². The van der Waals surface area contributed by atoms with Crippen molar-refractivity contribution in [2.75, 3.05) is 5.32 Å². The molecular formula is C14H23N3O2. The number of carbonyl (C=O) groups is 1. The minimum absolute atomic E-state index is 0.0591. The van der Waals surface area contributed by atoms with Crippen LogP contribution in [0.1, 0.15) is 34.6 Å². The number of carbonyl (C=O) groups excluding carboxylic acids is 1. The molecule has 0 aliphatic heterocycles. The van der Waals surface area contributed by atoms with E-state index in [-0.39, 0.29) is 24.1 Å². The first-order chi connectivity index (χ1) is 8.90. The number of rotatable bonds is 6. The van der Waals surface area contributed by atoms with E-state index in [1.54, 1.807) is 13.1 Å². The van der Waals surface area contributed by atoms with Crippen LogP contribution in [-0.4, -0.2) is 29.1 Å². The quantitative estimate of drug-likeness (QED) is 0.827. The van der Waals surface area contributed by atoms with Crippen molar-refractivity contribution in [3.63, 3.8) is 0 Å². The SMILES string of the molecule is CC(C)NC(=O)C(C)Nc1ncccc1OC(C)C. The third kappa shape index (κ3) is 5.16. The van der Waals surface area contributed by atoms with Crippen molar-refractivity contribution in [3.8, 4) is 5.75 Å². The lowest BCUT2D eigenvalue weighted by Gasteiger charge is -2.19. The normalized spacial score (nSPS) is 12.4. The summed E-state index contributed by atoms with van der Waals surface area (Å²) in [6, 6.07) is 3.39. The first-order valence-electron chi connectivity index (χ1n) is 6.58. The molecule has 0 fully saturated rings. The predicted molar refractivity (Wildman–Crippen MR) is 76.4 cm³/mol. The maximum Gasteiger partial charge on any atom is 0.242 e. The number of hydrogen-bond acceptors (Lipinski definition) is 4. The summed E-state index contributed by atoms with van der Waals surface area (Å²) in [4.78, 5) is 16.1. The zero-order valence-corrected chi connectivity index (χ0v) is 12.2. The standard InChI is InChI=1S/C14H23N3O2/c1-9(2)16-14(18)11(5)17-13-12(19-10(3)4)7-6-8-15-13/h6-11H,1-5H3,(H,15,17)(H,16,18). The second-order valence-electron chi connectivity index (χ2n) is 5.05. The Kier molecular flexibility index (Phi) is 5.60. The molecule has 1 rings (SSSR count). The molecule has 5 nitrogen and oxygen atoms in total. The Labute approximate surface area is 114 Å². The van der Waals surface area contributed by atoms with E-state index >= 15 is 0 Å². The number of aromatic nitrogens is 1. The molecule has 0 aliphatic rings. The van der Waals surface area contributed by atoms with Crippen LogP contribution in [0.3, 0.4) is 0 Å². The molecule has 0 saturated carbocycles. The highest BCUT2D eigenvalue weighted by Crippen LogP contribution is 2.22. The van der Waals surface area contributed by atoms with Crippen LogP contribution in [0.2, 0.25) is 0 Å². The highest BCUT2D eigenvalue weighted by atomic mass is 16.5. The average molecular weight is 265 g/mol. The van der Waals surface area contributed by atoms with Crippen molar-refractivity contribution in [1.82, 2.24) is 10.3 Å². The van der Waals surface area contributed by atoms with Gasteiger partial charge in [0.05, 0.1) is 6.10 Å². The van der Waals surface area contributed by atoms with Gasteiger partial charge in [0.2, 0.25) is 5.91 Å². The number of ether oxygens (including phenoxy) is 1. The molecule has 2 N–H and O–H groups in total. The lowest BCUT2D eigenvalue weighted by molar-refractivity contribution is -0.122. The molecule has 0 bridgehead atoms. The predicted octanol–water partition coefficient (Wildman–Crippen LogP) is 2.19. The molecule has 1 unspecified atom stereocenters. The van der Waals surface area contributed by atoms with Gasteiger partial charge in [-0.3, -0.25) is 4.79 Å². The largest absolute Gasteiger partial charge is 0.487 e. The van der Waals surface area contributed by atoms with Crippen molar-refractivity contribution >= 4 is 11.7 Å². The van der Waals surface area contributed by atoms with E-state index in [2.05, 4.69) is 15.6 Å². The number of anilines is 1. The lowest BCUT2D eigenvalue weighted by Crippen LogP contribution is -2.41. The minimum atomic E-state index is -0.369. The molecule has 19 heavy (non-hydrogen) atoms. The van der Waals surface area contributed by atoms with Crippen LogP contribution >= 0.6 is 0 Å². The Morgan fingerprint density at radius 1 is 1.26 bits per heavy atom. The molecule has 1 amide bonds. The fraction of sp³-hybridized carbons (Fsp3) is 0.571. The molecule has 1 heterocycles. The number of hydrogen-bond donors (Lipinski definition) is 2. The van der Waals surface area contributed by atoms with Crippen LogP contribution in [0.15, 0.2) is 18.3 Å². The van der Waals surface area contributed by atoms with Crippen LogP contribution in [-0.2, 0) is 4.79 Å². The molecule has 0 aromatic carbocycles. The molecule has 1 aromatic heterocycles. The molecular weight excluding hydrogens is 242 g/mol. The van der Waals surface area contributed by atoms with E-state index in [0.717, 1.165) is 0 Å². The molecule has 5 heteroatoms. The summed E-state index contributed by atoms with van der Waals surface area (Å²) in [5.74, 6) is 1.18. The summed E-state index contributed by atoms with van der Waals surface area (Å²) in [7, 11) is 0. The van der Waals surface area contributed by atoms with E-state index in [0.29, 0.717) is 11.6 Å². The summed E-state index contributed by atoms with van der Waals surface area (Å²) in [6.45, 7) is 9.56. The summed E-state index contributed by atoms with van der Waals surface area (Å²) in [5, 5.41) is 5.93. The second-order valence-corrected chi connectivity index (χ2v) is 5.05. The van der Waals surface area contributed by atoms with Gasteiger partial charge in [-0.15, -0.1) is 0 Å². The highest BCUT2D eigenvalue weighted by molar-refractivity contribution is 5.84. The average Bonchev–Trinajstić information content (AvgIpc) is 2.30. The third-order valence-electron chi connectivity index (χ3n) is 2.31. The highest BCUT2D eigenvalue weighted by Gasteiger charge is 2.16. The van der Waals surface area contributed by atoms with Crippen LogP contribution in [0.4, 0.5) is 5.82 Å². The second kappa shape index (κ2) is 6.97. The smallest absolute Gasteiger partial charge is 0.242 e. The Morgan fingerprint density at radius 2 is 1.95 bits per heavy atom. The monoisotopic (exact) mass is 265 g/mol. The van der Waals surface area contributed by atoms with Crippen LogP contribution in [0.5, 0.6) is 5.75 Å². The van der Waals surface area contributed by atoms with Crippen molar-refractivity contribution < 1.29 is 9.53 Å². The van der Waals surface area contributed by atoms with Gasteiger partial charge < -0.3 is 15.4 Å². The van der Waals surface area contributed by atoms with Crippen LogP contribution in [0.25, 0.3) is 0 Å². The van der Waals surface area contributed by atoms with Crippen LogP contribution < -0.4 is 15.4 Å². The van der Waals surface area contributed by atoms with E-state index in [9.17, 15) is 4.79 Å². The number of amides is 1. The van der Waals surface area contributed by atoms with E-state index in [1.165, 1.54) is 0 Å². The lowest BCUT2D eigenvalue weighted by atomic mass is 10.2. The molecule has 106 valence electrons. The van der Waals surface area contributed by atoms with Gasteiger partial charge in [-0.1, -0.05) is 0 Å². The van der Waals surface area contributed by atoms with Crippen molar-refractivity contribution in [3.05, 3.63) is 18.3 Å². The maximum atomic E-state index is 11.8. The van der Waals surface area contributed by atoms with E-state index in [1.807, 2.05) is 39.8 Å². The Balaban J connectivity index is 2.73.